The van der Waals surface area contributed by atoms with E-state index in [-0.39, 0.29) is 5.91 Å². The molecule has 0 unspecified atom stereocenters. The predicted molar refractivity (Wildman–Crippen MR) is 98.1 cm³/mol. The van der Waals surface area contributed by atoms with E-state index in [0.717, 1.165) is 13.0 Å². The summed E-state index contributed by atoms with van der Waals surface area (Å²) in [6.07, 6.45) is 14.8. The van der Waals surface area contributed by atoms with Gasteiger partial charge in [0.25, 0.3) is 0 Å². The molecular weight excluding hydrogens is 288 g/mol. The van der Waals surface area contributed by atoms with Crippen LogP contribution in [0.25, 0.3) is 0 Å². The highest BCUT2D eigenvalue weighted by atomic mass is 16.3. The van der Waals surface area contributed by atoms with Gasteiger partial charge in [-0.25, -0.2) is 0 Å². The maximum Gasteiger partial charge on any atom is 0.218 e. The van der Waals surface area contributed by atoms with E-state index in [2.05, 4.69) is 6.92 Å². The molecule has 0 aromatic rings. The van der Waals surface area contributed by atoms with Gasteiger partial charge in [-0.2, -0.15) is 0 Å². The highest BCUT2D eigenvalue weighted by molar-refractivity contribution is 5.73. The van der Waals surface area contributed by atoms with Crippen LogP contribution in [0.2, 0.25) is 0 Å². The summed E-state index contributed by atoms with van der Waals surface area (Å²) in [6, 6.07) is 0. The maximum absolute atomic E-state index is 10.9. The average molecular weight is 329 g/mol. The van der Waals surface area contributed by atoms with Crippen LogP contribution in [0.1, 0.15) is 97.8 Å². The molecule has 0 saturated heterocycles. The Morgan fingerprint density at radius 1 is 0.870 bits per heavy atom. The Balaban J connectivity index is 3.57. The van der Waals surface area contributed by atoms with Crippen molar-refractivity contribution in [1.82, 2.24) is 4.90 Å². The van der Waals surface area contributed by atoms with Crippen molar-refractivity contribution in [3.05, 3.63) is 0 Å². The number of rotatable bonds is 16. The number of aliphatic hydroxyl groups is 1. The summed E-state index contributed by atoms with van der Waals surface area (Å²) in [5.41, 5.74) is 4.32. The van der Waals surface area contributed by atoms with Crippen molar-refractivity contribution in [2.45, 2.75) is 104 Å². The van der Waals surface area contributed by atoms with Crippen molar-refractivity contribution in [1.29, 1.82) is 0 Å². The highest BCUT2D eigenvalue weighted by Crippen LogP contribution is 2.14. The summed E-state index contributed by atoms with van der Waals surface area (Å²) < 4.78 is 0. The summed E-state index contributed by atoms with van der Waals surface area (Å²) in [4.78, 5) is 12.9. The van der Waals surface area contributed by atoms with Gasteiger partial charge in [-0.15, -0.1) is 0 Å². The van der Waals surface area contributed by atoms with Gasteiger partial charge in [-0.3, -0.25) is 9.69 Å². The number of nitrogens with two attached hydrogens (primary N) is 1. The van der Waals surface area contributed by atoms with Crippen LogP contribution in [0, 0.1) is 0 Å². The van der Waals surface area contributed by atoms with Gasteiger partial charge < -0.3 is 10.8 Å². The van der Waals surface area contributed by atoms with Gasteiger partial charge in [-0.1, -0.05) is 71.1 Å². The Morgan fingerprint density at radius 3 is 1.70 bits per heavy atom. The highest BCUT2D eigenvalue weighted by Gasteiger charge is 2.22. The van der Waals surface area contributed by atoms with E-state index in [4.69, 9.17) is 5.73 Å². The molecule has 0 heterocycles. The Kier molecular flexibility index (Phi) is 13.4. The molecule has 138 valence electrons. The lowest BCUT2D eigenvalue weighted by Gasteiger charge is -2.33. The molecule has 0 aromatic heterocycles. The molecule has 0 fully saturated rings. The number of hydrogen-bond acceptors (Lipinski definition) is 3. The molecule has 0 atom stereocenters. The first kappa shape index (κ1) is 22.4. The molecule has 23 heavy (non-hydrogen) atoms. The summed E-state index contributed by atoms with van der Waals surface area (Å²) >= 11 is 0. The van der Waals surface area contributed by atoms with Crippen LogP contribution in [0.4, 0.5) is 0 Å². The van der Waals surface area contributed by atoms with Crippen LogP contribution in [0.15, 0.2) is 0 Å². The van der Waals surface area contributed by atoms with Crippen molar-refractivity contribution in [2.24, 2.45) is 5.73 Å². The van der Waals surface area contributed by atoms with Gasteiger partial charge >= 0.3 is 0 Å². The Labute approximate surface area is 143 Å². The summed E-state index contributed by atoms with van der Waals surface area (Å²) in [5, 5.41) is 10.1. The minimum absolute atomic E-state index is 0.307. The molecule has 4 nitrogen and oxygen atoms in total. The third-order valence-corrected chi connectivity index (χ3v) is 4.43. The van der Waals surface area contributed by atoms with Crippen LogP contribution >= 0.6 is 0 Å². The first-order valence-electron chi connectivity index (χ1n) is 9.63. The molecule has 0 aliphatic carbocycles. The quantitative estimate of drug-likeness (QED) is 0.329. The molecule has 0 aliphatic heterocycles. The van der Waals surface area contributed by atoms with Crippen LogP contribution in [-0.2, 0) is 4.79 Å². The Hall–Kier alpha value is -0.610. The molecule has 0 aromatic carbocycles. The van der Waals surface area contributed by atoms with Gasteiger partial charge in [0.2, 0.25) is 5.91 Å². The fourth-order valence-corrected chi connectivity index (χ4v) is 2.87. The number of unbranched alkanes of at least 4 members (excludes halogenated alkanes) is 10. The Bertz CT molecular complexity index is 288. The van der Waals surface area contributed by atoms with Crippen molar-refractivity contribution >= 4 is 5.91 Å². The lowest BCUT2D eigenvalue weighted by Crippen LogP contribution is -2.45. The van der Waals surface area contributed by atoms with E-state index in [1.165, 1.54) is 64.2 Å². The number of primary amides is 1. The van der Waals surface area contributed by atoms with E-state index >= 15 is 0 Å². The zero-order valence-corrected chi connectivity index (χ0v) is 15.8. The zero-order chi connectivity index (χ0) is 17.6. The number of nitrogens with zero attached hydrogens (tertiary/aromatic N) is 1. The van der Waals surface area contributed by atoms with E-state index in [1.54, 1.807) is 13.8 Å². The second-order valence-electron chi connectivity index (χ2n) is 7.23. The summed E-state index contributed by atoms with van der Waals surface area (Å²) in [7, 11) is 0. The first-order valence-corrected chi connectivity index (χ1v) is 9.63. The normalized spacial score (nSPS) is 12.0. The van der Waals surface area contributed by atoms with Gasteiger partial charge in [0.15, 0.2) is 0 Å². The van der Waals surface area contributed by atoms with Gasteiger partial charge in [-0.05, 0) is 20.3 Å². The minimum atomic E-state index is -0.881. The molecule has 3 N–H and O–H groups in total. The zero-order valence-electron chi connectivity index (χ0n) is 15.8. The van der Waals surface area contributed by atoms with Crippen molar-refractivity contribution in [3.8, 4) is 0 Å². The van der Waals surface area contributed by atoms with Gasteiger partial charge in [0, 0.05) is 19.5 Å². The smallest absolute Gasteiger partial charge is 0.218 e. The summed E-state index contributed by atoms with van der Waals surface area (Å²) in [6.45, 7) is 7.16. The molecular formula is C19H40N2O2. The van der Waals surface area contributed by atoms with E-state index in [9.17, 15) is 9.90 Å². The fourth-order valence-electron chi connectivity index (χ4n) is 2.87. The minimum Gasteiger partial charge on any atom is -0.376 e. The number of carbonyl (C=O) groups excluding carboxylic acids is 1. The number of hydrogen-bond donors (Lipinski definition) is 2. The second kappa shape index (κ2) is 13.8. The second-order valence-corrected chi connectivity index (χ2v) is 7.23. The molecule has 1 amide bonds. The van der Waals surface area contributed by atoms with Crippen LogP contribution < -0.4 is 5.73 Å². The van der Waals surface area contributed by atoms with E-state index in [1.807, 2.05) is 4.90 Å². The molecule has 0 aliphatic rings. The van der Waals surface area contributed by atoms with E-state index in [0.29, 0.717) is 13.0 Å². The van der Waals surface area contributed by atoms with Crippen molar-refractivity contribution in [3.63, 3.8) is 0 Å². The predicted octanol–water partition coefficient (Wildman–Crippen LogP) is 4.20. The van der Waals surface area contributed by atoms with Gasteiger partial charge in [0.05, 0.1) is 0 Å². The third kappa shape index (κ3) is 14.7. The first-order chi connectivity index (χ1) is 10.9. The molecule has 0 saturated carbocycles. The van der Waals surface area contributed by atoms with Crippen LogP contribution in [0.3, 0.4) is 0 Å². The monoisotopic (exact) mass is 328 g/mol. The largest absolute Gasteiger partial charge is 0.376 e. The number of carbonyl (C=O) groups is 1. The molecule has 0 bridgehead atoms. The fraction of sp³-hybridized carbons (Fsp3) is 0.947. The molecule has 0 radical (unpaired) electrons. The average Bonchev–Trinajstić information content (AvgIpc) is 2.46. The maximum atomic E-state index is 10.9. The molecule has 4 heteroatoms. The Morgan fingerprint density at radius 2 is 1.30 bits per heavy atom. The van der Waals surface area contributed by atoms with Crippen LogP contribution in [-0.4, -0.2) is 34.7 Å². The van der Waals surface area contributed by atoms with E-state index < -0.39 is 5.72 Å². The third-order valence-electron chi connectivity index (χ3n) is 4.43. The lowest BCUT2D eigenvalue weighted by molar-refractivity contribution is -0.120. The molecule has 0 rings (SSSR count). The number of amides is 1. The summed E-state index contributed by atoms with van der Waals surface area (Å²) in [5.74, 6) is -0.307. The topological polar surface area (TPSA) is 66.6 Å². The lowest BCUT2D eigenvalue weighted by atomic mass is 10.1. The van der Waals surface area contributed by atoms with Crippen LogP contribution in [0.5, 0.6) is 0 Å². The van der Waals surface area contributed by atoms with Gasteiger partial charge in [0.1, 0.15) is 5.72 Å². The van der Waals surface area contributed by atoms with Crippen molar-refractivity contribution in [2.75, 3.05) is 13.1 Å². The SMILES string of the molecule is CCCCCCCCCCCCCN(CCC(N)=O)C(C)(C)O. The molecule has 0 spiro atoms. The standard InChI is InChI=1S/C19H40N2O2/c1-4-5-6-7-8-9-10-11-12-13-14-16-21(19(2,3)23)17-15-18(20)22/h23H,4-17H2,1-3H3,(H2,20,22). The van der Waals surface area contributed by atoms with Crippen molar-refractivity contribution < 1.29 is 9.90 Å².